The summed E-state index contributed by atoms with van der Waals surface area (Å²) in [5, 5.41) is 52.2. The molecule has 6 rings (SSSR count). The topological polar surface area (TPSA) is 273 Å². The number of nitrogens with two attached hydrogens (primary N) is 2. The van der Waals surface area contributed by atoms with Crippen LogP contribution in [0.1, 0.15) is 131 Å². The van der Waals surface area contributed by atoms with Crippen LogP contribution in [0.3, 0.4) is 0 Å². The Morgan fingerprint density at radius 3 is 1.09 bits per heavy atom. The Hall–Kier alpha value is -5.10. The molecule has 0 saturated heterocycles. The number of carbonyl (C=O) groups is 4. The number of carboxylic acid groups (broad SMARTS) is 1. The van der Waals surface area contributed by atoms with Crippen LogP contribution in [0.15, 0.2) is 97.1 Å². The SMILES string of the molecule is CC(C)c1c(C(N)=O)c(-c2ccc(F)cc2)c(-c2ccc(F)cc2)n1CC[C@@H](O)C[C@@H](O)CC(=O)OC(C)(C)C.CC(C)c1c(C(N)=O)c(-c2ccc(F)cc2)c(-c2ccc(F)cc2)n1CC[C@@H](O)C[C@@H](O)CC(=O)[O-].[B].[Na+].[Na+].[OH-]. The molecule has 0 unspecified atom stereocenters. The Morgan fingerprint density at radius 1 is 0.537 bits per heavy atom. The van der Waals surface area contributed by atoms with Crippen molar-refractivity contribution in [3.63, 3.8) is 0 Å². The maximum atomic E-state index is 13.9. The predicted octanol–water partition coefficient (Wildman–Crippen LogP) is 1.97. The summed E-state index contributed by atoms with van der Waals surface area (Å²) in [5.41, 5.74) is 17.1. The van der Waals surface area contributed by atoms with E-state index in [0.717, 1.165) is 0 Å². The van der Waals surface area contributed by atoms with Gasteiger partial charge >= 0.3 is 65.1 Å². The van der Waals surface area contributed by atoms with Crippen LogP contribution in [0.25, 0.3) is 44.8 Å². The number of esters is 1. The second-order valence-corrected chi connectivity index (χ2v) is 20.4. The van der Waals surface area contributed by atoms with E-state index in [9.17, 15) is 62.3 Å². The number of aliphatic hydroxyl groups excluding tert-OH is 4. The number of hydrogen-bond donors (Lipinski definition) is 6. The average molecular weight is 1130 g/mol. The van der Waals surface area contributed by atoms with E-state index < -0.39 is 83.5 Å². The van der Waals surface area contributed by atoms with Crippen LogP contribution in [-0.2, 0) is 27.4 Å². The Bertz CT molecular complexity index is 2970. The van der Waals surface area contributed by atoms with Gasteiger partial charge in [-0.15, -0.1) is 0 Å². The Labute approximate surface area is 510 Å². The number of carboxylic acids is 1. The zero-order chi connectivity index (χ0) is 56.3. The quantitative estimate of drug-likeness (QED) is 0.0325. The number of carbonyl (C=O) groups excluding carboxylic acids is 4. The zero-order valence-electron chi connectivity index (χ0n) is 46.7. The van der Waals surface area contributed by atoms with Gasteiger partial charge in [0, 0.05) is 56.4 Å². The molecule has 2 amide bonds. The molecule has 6 aromatic rings. The summed E-state index contributed by atoms with van der Waals surface area (Å²) in [5.74, 6) is -5.48. The van der Waals surface area contributed by atoms with Crippen molar-refractivity contribution >= 4 is 32.2 Å². The molecule has 2 heterocycles. The first-order valence-corrected chi connectivity index (χ1v) is 25.0. The minimum Gasteiger partial charge on any atom is -0.870 e. The fourth-order valence-corrected chi connectivity index (χ4v) is 9.40. The van der Waals surface area contributed by atoms with Crippen molar-refractivity contribution in [3.05, 3.63) is 143 Å². The molecule has 9 N–H and O–H groups in total. The maximum Gasteiger partial charge on any atom is 1.00 e. The van der Waals surface area contributed by atoms with Crippen molar-refractivity contribution in [2.45, 2.75) is 142 Å². The Balaban J connectivity index is 0.000000765. The van der Waals surface area contributed by atoms with E-state index in [-0.39, 0.29) is 141 Å². The third-order valence-electron chi connectivity index (χ3n) is 12.4. The second kappa shape index (κ2) is 32.5. The molecular formula is C58H68BF4N4Na2O11. The van der Waals surface area contributed by atoms with Crippen LogP contribution < -0.4 is 75.7 Å². The smallest absolute Gasteiger partial charge is 0.870 e. The summed E-state index contributed by atoms with van der Waals surface area (Å²) in [6.45, 7) is 13.2. The minimum absolute atomic E-state index is 0. The Morgan fingerprint density at radius 2 is 0.825 bits per heavy atom. The van der Waals surface area contributed by atoms with Crippen molar-refractivity contribution in [1.82, 2.24) is 9.13 Å². The van der Waals surface area contributed by atoms with Crippen LogP contribution in [0, 0.1) is 23.3 Å². The number of hydrogen-bond acceptors (Lipinski definition) is 11. The van der Waals surface area contributed by atoms with Gasteiger partial charge in [0.2, 0.25) is 0 Å². The number of aliphatic carboxylic acids is 1. The summed E-state index contributed by atoms with van der Waals surface area (Å²) in [6, 6.07) is 22.8. The summed E-state index contributed by atoms with van der Waals surface area (Å²) in [4.78, 5) is 48.4. The van der Waals surface area contributed by atoms with Gasteiger partial charge in [-0.05, 0) is 153 Å². The second-order valence-electron chi connectivity index (χ2n) is 20.4. The summed E-state index contributed by atoms with van der Waals surface area (Å²) < 4.78 is 64.1. The van der Waals surface area contributed by atoms with Crippen LogP contribution in [0.4, 0.5) is 17.6 Å². The van der Waals surface area contributed by atoms with Crippen LogP contribution >= 0.6 is 0 Å². The van der Waals surface area contributed by atoms with Gasteiger partial charge in [0.05, 0.1) is 53.4 Å². The molecule has 0 saturated carbocycles. The molecule has 0 aliphatic carbocycles. The molecule has 2 aromatic heterocycles. The Kier molecular flexibility index (Phi) is 29.6. The standard InChI is InChI=1S/C31H38F2N2O5.C27H30F2N2O5.B.2Na.H2O/c1-18(2)28-27(30(34)39)26(19-6-10-21(32)11-7-19)29(20-8-12-22(33)13-9-20)35(28)15-14-23(36)16-24(37)17-25(38)40-31(3,4)5;1-15(2)25-24(27(30)36)23(16-3-7-18(28)8-4-16)26(17-5-9-19(29)10-6-17)31(25)12-11-20(32)13-21(33)14-22(34)35;;;;/h6-13,18,23-24,36-37H,14-17H2,1-5H3,(H2,34,39);3-10,15,20-21,32-33H,11-14H2,1-2H3,(H2,30,36)(H,34,35);;;;1H2/q;;;2*+1;/p-2/t23-,24-;20-,21-;;;;/m11..../s1. The molecule has 419 valence electrons. The van der Waals surface area contributed by atoms with E-state index in [1.807, 2.05) is 36.8 Å². The van der Waals surface area contributed by atoms with E-state index in [0.29, 0.717) is 56.2 Å². The maximum absolute atomic E-state index is 13.9. The van der Waals surface area contributed by atoms with Crippen molar-refractivity contribution < 1.29 is 132 Å². The van der Waals surface area contributed by atoms with Crippen LogP contribution in [0.2, 0.25) is 0 Å². The predicted molar refractivity (Wildman–Crippen MR) is 286 cm³/mol. The molecule has 4 aromatic carbocycles. The van der Waals surface area contributed by atoms with E-state index in [2.05, 4.69) is 0 Å². The number of aliphatic hydroxyl groups is 4. The van der Waals surface area contributed by atoms with Crippen molar-refractivity contribution in [2.24, 2.45) is 11.5 Å². The third kappa shape index (κ3) is 19.8. The average Bonchev–Trinajstić information content (AvgIpc) is 3.85. The number of nitrogens with zero attached hydrogens (tertiary/aromatic N) is 2. The number of amides is 2. The van der Waals surface area contributed by atoms with Crippen molar-refractivity contribution in [3.8, 4) is 44.8 Å². The number of rotatable bonds is 22. The third-order valence-corrected chi connectivity index (χ3v) is 12.4. The number of ether oxygens (including phenoxy) is 1. The van der Waals surface area contributed by atoms with E-state index in [4.69, 9.17) is 16.2 Å². The van der Waals surface area contributed by atoms with Gasteiger partial charge in [-0.25, -0.2) is 17.6 Å². The van der Waals surface area contributed by atoms with Gasteiger partial charge in [-0.3, -0.25) is 14.4 Å². The van der Waals surface area contributed by atoms with E-state index in [1.54, 1.807) is 57.2 Å². The normalized spacial score (nSPS) is 12.6. The number of benzene rings is 4. The monoisotopic (exact) mass is 1130 g/mol. The molecule has 80 heavy (non-hydrogen) atoms. The molecule has 0 fully saturated rings. The number of aromatic nitrogens is 2. The van der Waals surface area contributed by atoms with Crippen LogP contribution in [-0.4, -0.2) is 97.2 Å². The minimum atomic E-state index is -1.42. The molecule has 4 atom stereocenters. The number of primary amides is 2. The number of halogens is 4. The first-order chi connectivity index (χ1) is 35.7. The van der Waals surface area contributed by atoms with Gasteiger partial charge in [-0.2, -0.15) is 0 Å². The summed E-state index contributed by atoms with van der Waals surface area (Å²) in [7, 11) is 0. The molecular weight excluding hydrogens is 1060 g/mol. The first-order valence-electron chi connectivity index (χ1n) is 25.0. The van der Waals surface area contributed by atoms with Gasteiger partial charge in [0.25, 0.3) is 11.8 Å². The van der Waals surface area contributed by atoms with E-state index >= 15 is 0 Å². The molecule has 0 aliphatic heterocycles. The van der Waals surface area contributed by atoms with Crippen molar-refractivity contribution in [2.75, 3.05) is 0 Å². The van der Waals surface area contributed by atoms with Gasteiger partial charge in [-0.1, -0.05) is 52.0 Å². The summed E-state index contributed by atoms with van der Waals surface area (Å²) >= 11 is 0. The molecule has 3 radical (unpaired) electrons. The zero-order valence-corrected chi connectivity index (χ0v) is 50.7. The van der Waals surface area contributed by atoms with Gasteiger partial charge < -0.3 is 61.1 Å². The largest absolute Gasteiger partial charge is 1.00 e. The molecule has 0 spiro atoms. The van der Waals surface area contributed by atoms with Crippen LogP contribution in [0.5, 0.6) is 0 Å². The molecule has 0 aliphatic rings. The van der Waals surface area contributed by atoms with Gasteiger partial charge in [0.15, 0.2) is 0 Å². The fourth-order valence-electron chi connectivity index (χ4n) is 9.40. The molecule has 0 bridgehead atoms. The fraction of sp³-hybridized carbons (Fsp3) is 0.379. The molecule has 22 heteroatoms. The van der Waals surface area contributed by atoms with Crippen molar-refractivity contribution in [1.29, 1.82) is 0 Å². The van der Waals surface area contributed by atoms with Gasteiger partial charge in [0.1, 0.15) is 28.9 Å². The first kappa shape index (κ1) is 72.9. The van der Waals surface area contributed by atoms with E-state index in [1.165, 1.54) is 60.7 Å². The summed E-state index contributed by atoms with van der Waals surface area (Å²) in [6.07, 6.45) is -5.19. The molecule has 15 nitrogen and oxygen atoms in total.